The van der Waals surface area contributed by atoms with Gasteiger partial charge in [-0.15, -0.1) is 0 Å². The lowest BCUT2D eigenvalue weighted by atomic mass is 10.1. The maximum Gasteiger partial charge on any atom is 0.0388 e. The minimum atomic E-state index is 0.502. The Morgan fingerprint density at radius 1 is 1.32 bits per heavy atom. The topological polar surface area (TPSA) is 18.5 Å². The number of rotatable bonds is 7. The fourth-order valence-corrected chi connectivity index (χ4v) is 2.93. The Kier molecular flexibility index (Phi) is 6.83. The van der Waals surface area contributed by atoms with Gasteiger partial charge in [0, 0.05) is 35.8 Å². The molecule has 0 fully saturated rings. The van der Waals surface area contributed by atoms with Crippen LogP contribution in [0.1, 0.15) is 19.4 Å². The van der Waals surface area contributed by atoms with Gasteiger partial charge < -0.3 is 15.1 Å². The maximum absolute atomic E-state index is 3.67. The predicted molar refractivity (Wildman–Crippen MR) is 87.9 cm³/mol. The average Bonchev–Trinajstić information content (AvgIpc) is 2.32. The second kappa shape index (κ2) is 7.88. The molecular formula is C15H26BrN3. The van der Waals surface area contributed by atoms with Crippen molar-refractivity contribution in [2.75, 3.05) is 39.1 Å². The highest BCUT2D eigenvalue weighted by molar-refractivity contribution is 9.10. The van der Waals surface area contributed by atoms with E-state index in [0.717, 1.165) is 19.6 Å². The summed E-state index contributed by atoms with van der Waals surface area (Å²) in [6, 6.07) is 7.14. The Labute approximate surface area is 126 Å². The van der Waals surface area contributed by atoms with Gasteiger partial charge in [-0.25, -0.2) is 0 Å². The van der Waals surface area contributed by atoms with E-state index in [-0.39, 0.29) is 0 Å². The van der Waals surface area contributed by atoms with Crippen LogP contribution < -0.4 is 10.2 Å². The van der Waals surface area contributed by atoms with E-state index in [2.05, 4.69) is 77.2 Å². The number of nitrogens with zero attached hydrogens (tertiary/aromatic N) is 2. The van der Waals surface area contributed by atoms with Gasteiger partial charge in [0.2, 0.25) is 0 Å². The highest BCUT2D eigenvalue weighted by atomic mass is 79.9. The first kappa shape index (κ1) is 16.5. The van der Waals surface area contributed by atoms with Crippen molar-refractivity contribution < 1.29 is 0 Å². The molecule has 1 unspecified atom stereocenters. The lowest BCUT2D eigenvalue weighted by Crippen LogP contribution is -2.40. The summed E-state index contributed by atoms with van der Waals surface area (Å²) in [5.41, 5.74) is 2.58. The predicted octanol–water partition coefficient (Wildman–Crippen LogP) is 2.94. The summed E-state index contributed by atoms with van der Waals surface area (Å²) >= 11 is 3.67. The summed E-state index contributed by atoms with van der Waals surface area (Å²) in [5, 5.41) is 3.19. The fourth-order valence-electron chi connectivity index (χ4n) is 2.42. The smallest absolute Gasteiger partial charge is 0.0388 e. The third-order valence-electron chi connectivity index (χ3n) is 3.24. The number of benzene rings is 1. The van der Waals surface area contributed by atoms with Crippen LogP contribution in [0.2, 0.25) is 0 Å². The number of anilines is 1. The van der Waals surface area contributed by atoms with Gasteiger partial charge in [0.05, 0.1) is 0 Å². The Bertz CT molecular complexity index is 393. The summed E-state index contributed by atoms with van der Waals surface area (Å²) in [7, 11) is 6.21. The van der Waals surface area contributed by atoms with Crippen LogP contribution in [-0.2, 0) is 6.54 Å². The molecule has 1 aromatic carbocycles. The second-order valence-electron chi connectivity index (χ2n) is 5.20. The summed E-state index contributed by atoms with van der Waals surface area (Å²) in [4.78, 5) is 4.67. The Hall–Kier alpha value is -0.580. The molecule has 0 amide bonds. The third-order valence-corrected chi connectivity index (χ3v) is 3.98. The van der Waals surface area contributed by atoms with Gasteiger partial charge in [0.1, 0.15) is 0 Å². The molecule has 4 heteroatoms. The van der Waals surface area contributed by atoms with Crippen LogP contribution in [0.25, 0.3) is 0 Å². The average molecular weight is 328 g/mol. The van der Waals surface area contributed by atoms with Gasteiger partial charge in [-0.05, 0) is 52.7 Å². The number of halogens is 1. The van der Waals surface area contributed by atoms with Crippen LogP contribution in [0.5, 0.6) is 0 Å². The molecule has 0 radical (unpaired) electrons. The van der Waals surface area contributed by atoms with Crippen molar-refractivity contribution in [1.82, 2.24) is 10.2 Å². The zero-order valence-corrected chi connectivity index (χ0v) is 14.3. The molecule has 19 heavy (non-hydrogen) atoms. The lowest BCUT2D eigenvalue weighted by molar-refractivity contribution is 0.373. The molecule has 108 valence electrons. The van der Waals surface area contributed by atoms with Crippen molar-refractivity contribution in [2.24, 2.45) is 0 Å². The van der Waals surface area contributed by atoms with Gasteiger partial charge in [-0.1, -0.05) is 22.0 Å². The molecule has 0 aliphatic carbocycles. The number of hydrogen-bond acceptors (Lipinski definition) is 3. The molecule has 1 atom stereocenters. The largest absolute Gasteiger partial charge is 0.368 e. The van der Waals surface area contributed by atoms with Crippen LogP contribution >= 0.6 is 15.9 Å². The van der Waals surface area contributed by atoms with Crippen LogP contribution in [0.4, 0.5) is 5.69 Å². The molecule has 0 aliphatic rings. The maximum atomic E-state index is 3.67. The SMILES string of the molecule is CCN(c1ccc(CNC)c(Br)c1)C(C)CN(C)C. The quantitative estimate of drug-likeness (QED) is 0.830. The number of nitrogens with one attached hydrogen (secondary N) is 1. The van der Waals surface area contributed by atoms with E-state index in [4.69, 9.17) is 0 Å². The van der Waals surface area contributed by atoms with Crippen molar-refractivity contribution in [2.45, 2.75) is 26.4 Å². The zero-order chi connectivity index (χ0) is 14.4. The molecule has 3 nitrogen and oxygen atoms in total. The second-order valence-corrected chi connectivity index (χ2v) is 6.06. The monoisotopic (exact) mass is 327 g/mol. The normalized spacial score (nSPS) is 12.8. The van der Waals surface area contributed by atoms with Gasteiger partial charge in [-0.2, -0.15) is 0 Å². The molecule has 0 aliphatic heterocycles. The number of hydrogen-bond donors (Lipinski definition) is 1. The van der Waals surface area contributed by atoms with Crippen LogP contribution in [0.15, 0.2) is 22.7 Å². The molecule has 1 rings (SSSR count). The van der Waals surface area contributed by atoms with Crippen LogP contribution in [-0.4, -0.2) is 45.2 Å². The molecule has 0 aromatic heterocycles. The highest BCUT2D eigenvalue weighted by Gasteiger charge is 2.14. The van der Waals surface area contributed by atoms with Crippen molar-refractivity contribution in [1.29, 1.82) is 0 Å². The van der Waals surface area contributed by atoms with E-state index in [1.165, 1.54) is 15.7 Å². The molecule has 1 N–H and O–H groups in total. The molecule has 0 saturated heterocycles. The summed E-state index contributed by atoms with van der Waals surface area (Å²) in [6.07, 6.45) is 0. The van der Waals surface area contributed by atoms with E-state index in [1.807, 2.05) is 7.05 Å². The highest BCUT2D eigenvalue weighted by Crippen LogP contribution is 2.25. The molecule has 1 aromatic rings. The molecule has 0 heterocycles. The van der Waals surface area contributed by atoms with E-state index in [0.29, 0.717) is 6.04 Å². The first-order chi connectivity index (χ1) is 8.99. The first-order valence-corrected chi connectivity index (χ1v) is 7.63. The Balaban J connectivity index is 2.89. The number of likely N-dealkylation sites (N-methyl/N-ethyl adjacent to an activating group) is 2. The van der Waals surface area contributed by atoms with Gasteiger partial charge in [-0.3, -0.25) is 0 Å². The summed E-state index contributed by atoms with van der Waals surface area (Å²) in [5.74, 6) is 0. The van der Waals surface area contributed by atoms with Crippen molar-refractivity contribution in [3.63, 3.8) is 0 Å². The van der Waals surface area contributed by atoms with E-state index >= 15 is 0 Å². The molecular weight excluding hydrogens is 302 g/mol. The van der Waals surface area contributed by atoms with Crippen LogP contribution in [0, 0.1) is 0 Å². The molecule has 0 spiro atoms. The fraction of sp³-hybridized carbons (Fsp3) is 0.600. The summed E-state index contributed by atoms with van der Waals surface area (Å²) in [6.45, 7) is 7.46. The van der Waals surface area contributed by atoms with Gasteiger partial charge in [0.25, 0.3) is 0 Å². The van der Waals surface area contributed by atoms with E-state index in [1.54, 1.807) is 0 Å². The third kappa shape index (κ3) is 4.79. The minimum absolute atomic E-state index is 0.502. The molecule has 0 saturated carbocycles. The standard InChI is InChI=1S/C15H26BrN3/c1-6-19(12(2)11-18(4)5)14-8-7-13(10-17-3)15(16)9-14/h7-9,12,17H,6,10-11H2,1-5H3. The Morgan fingerprint density at radius 2 is 2.00 bits per heavy atom. The minimum Gasteiger partial charge on any atom is -0.368 e. The van der Waals surface area contributed by atoms with E-state index < -0.39 is 0 Å². The van der Waals surface area contributed by atoms with Crippen LogP contribution in [0.3, 0.4) is 0 Å². The van der Waals surface area contributed by atoms with Crippen molar-refractivity contribution in [3.8, 4) is 0 Å². The van der Waals surface area contributed by atoms with E-state index in [9.17, 15) is 0 Å². The lowest BCUT2D eigenvalue weighted by Gasteiger charge is -2.32. The van der Waals surface area contributed by atoms with Gasteiger partial charge >= 0.3 is 0 Å². The molecule has 0 bridgehead atoms. The zero-order valence-electron chi connectivity index (χ0n) is 12.7. The Morgan fingerprint density at radius 3 is 2.47 bits per heavy atom. The summed E-state index contributed by atoms with van der Waals surface area (Å²) < 4.78 is 1.18. The van der Waals surface area contributed by atoms with Crippen molar-refractivity contribution in [3.05, 3.63) is 28.2 Å². The first-order valence-electron chi connectivity index (χ1n) is 6.84. The van der Waals surface area contributed by atoms with Crippen molar-refractivity contribution >= 4 is 21.6 Å². The van der Waals surface area contributed by atoms with Gasteiger partial charge in [0.15, 0.2) is 0 Å².